The third kappa shape index (κ3) is 6.11. The topological polar surface area (TPSA) is 6.48 Å². The van der Waals surface area contributed by atoms with E-state index in [9.17, 15) is 8.78 Å². The normalized spacial score (nSPS) is 17.8. The zero-order valence-corrected chi connectivity index (χ0v) is 11.3. The molecule has 0 amide bonds. The first-order valence-corrected chi connectivity index (χ1v) is 7.13. The molecule has 1 aliphatic heterocycles. The lowest BCUT2D eigenvalue weighted by Gasteiger charge is -2.22. The molecule has 1 saturated heterocycles. The fraction of sp³-hybridized carbons (Fsp3) is 1.00. The van der Waals surface area contributed by atoms with Gasteiger partial charge in [0.05, 0.1) is 6.54 Å². The van der Waals surface area contributed by atoms with Crippen molar-refractivity contribution in [3.63, 3.8) is 0 Å². The standard InChI is InChI=1S/C11H21BrF2N2/c12-4-9-16(10-11(13)14)8-3-7-15-5-1-2-6-15/h11H,1-10H2. The smallest absolute Gasteiger partial charge is 0.251 e. The third-order valence-electron chi connectivity index (χ3n) is 2.94. The highest BCUT2D eigenvalue weighted by Crippen LogP contribution is 2.08. The van der Waals surface area contributed by atoms with Crippen molar-refractivity contribution in [2.24, 2.45) is 0 Å². The molecule has 0 radical (unpaired) electrons. The maximum Gasteiger partial charge on any atom is 0.251 e. The van der Waals surface area contributed by atoms with E-state index >= 15 is 0 Å². The van der Waals surface area contributed by atoms with Gasteiger partial charge in [-0.3, -0.25) is 4.90 Å². The summed E-state index contributed by atoms with van der Waals surface area (Å²) in [7, 11) is 0. The fourth-order valence-electron chi connectivity index (χ4n) is 2.13. The average Bonchev–Trinajstić information content (AvgIpc) is 2.70. The molecule has 0 spiro atoms. The van der Waals surface area contributed by atoms with Crippen molar-refractivity contribution in [3.8, 4) is 0 Å². The molecule has 0 unspecified atom stereocenters. The highest BCUT2D eigenvalue weighted by atomic mass is 79.9. The Morgan fingerprint density at radius 1 is 1.19 bits per heavy atom. The predicted octanol–water partition coefficient (Wildman–Crippen LogP) is 2.43. The molecular weight excluding hydrogens is 278 g/mol. The van der Waals surface area contributed by atoms with Gasteiger partial charge >= 0.3 is 0 Å². The van der Waals surface area contributed by atoms with Gasteiger partial charge in [-0.1, -0.05) is 15.9 Å². The average molecular weight is 299 g/mol. The second-order valence-corrected chi connectivity index (χ2v) is 5.08. The fourth-order valence-corrected chi connectivity index (χ4v) is 2.63. The maximum absolute atomic E-state index is 12.3. The largest absolute Gasteiger partial charge is 0.303 e. The van der Waals surface area contributed by atoms with E-state index in [1.165, 1.54) is 25.9 Å². The van der Waals surface area contributed by atoms with Crippen LogP contribution in [0.2, 0.25) is 0 Å². The van der Waals surface area contributed by atoms with Crippen LogP contribution in [0.25, 0.3) is 0 Å². The molecule has 96 valence electrons. The van der Waals surface area contributed by atoms with Gasteiger partial charge in [0, 0.05) is 11.9 Å². The van der Waals surface area contributed by atoms with Crippen molar-refractivity contribution in [2.75, 3.05) is 44.6 Å². The summed E-state index contributed by atoms with van der Waals surface area (Å²) in [5.74, 6) is 0. The Labute approximate surface area is 105 Å². The number of halogens is 3. The van der Waals surface area contributed by atoms with E-state index in [-0.39, 0.29) is 6.54 Å². The minimum absolute atomic E-state index is 0.0917. The third-order valence-corrected chi connectivity index (χ3v) is 3.30. The number of alkyl halides is 3. The maximum atomic E-state index is 12.3. The van der Waals surface area contributed by atoms with Crippen LogP contribution in [0.5, 0.6) is 0 Å². The van der Waals surface area contributed by atoms with Crippen LogP contribution in [0.1, 0.15) is 19.3 Å². The van der Waals surface area contributed by atoms with Crippen molar-refractivity contribution in [1.82, 2.24) is 9.80 Å². The van der Waals surface area contributed by atoms with E-state index in [0.29, 0.717) is 6.54 Å². The second kappa shape index (κ2) is 8.37. The van der Waals surface area contributed by atoms with Crippen molar-refractivity contribution in [3.05, 3.63) is 0 Å². The Balaban J connectivity index is 2.10. The highest BCUT2D eigenvalue weighted by molar-refractivity contribution is 9.09. The van der Waals surface area contributed by atoms with Gasteiger partial charge in [-0.05, 0) is 45.4 Å². The zero-order valence-electron chi connectivity index (χ0n) is 9.68. The lowest BCUT2D eigenvalue weighted by molar-refractivity contribution is 0.0894. The summed E-state index contributed by atoms with van der Waals surface area (Å²) in [6.07, 6.45) is 1.37. The summed E-state index contributed by atoms with van der Waals surface area (Å²) in [5, 5.41) is 0.767. The minimum Gasteiger partial charge on any atom is -0.303 e. The summed E-state index contributed by atoms with van der Waals surface area (Å²) >= 11 is 3.30. The van der Waals surface area contributed by atoms with E-state index in [1.54, 1.807) is 0 Å². The molecule has 0 aromatic carbocycles. The molecule has 2 nitrogen and oxygen atoms in total. The number of nitrogens with zero attached hydrogens (tertiary/aromatic N) is 2. The molecule has 1 fully saturated rings. The molecule has 0 bridgehead atoms. The quantitative estimate of drug-likeness (QED) is 0.635. The molecule has 5 heteroatoms. The zero-order chi connectivity index (χ0) is 11.8. The van der Waals surface area contributed by atoms with Crippen LogP contribution in [0.4, 0.5) is 8.78 Å². The Morgan fingerprint density at radius 3 is 2.44 bits per heavy atom. The Morgan fingerprint density at radius 2 is 1.88 bits per heavy atom. The van der Waals surface area contributed by atoms with Crippen LogP contribution < -0.4 is 0 Å². The monoisotopic (exact) mass is 298 g/mol. The SMILES string of the molecule is FC(F)CN(CCBr)CCCN1CCCC1. The van der Waals surface area contributed by atoms with Crippen LogP contribution >= 0.6 is 15.9 Å². The first-order chi connectivity index (χ1) is 7.72. The summed E-state index contributed by atoms with van der Waals surface area (Å²) in [6, 6.07) is 0. The van der Waals surface area contributed by atoms with E-state index in [4.69, 9.17) is 0 Å². The van der Waals surface area contributed by atoms with Gasteiger partial charge in [-0.2, -0.15) is 0 Å². The molecule has 16 heavy (non-hydrogen) atoms. The molecule has 1 heterocycles. The van der Waals surface area contributed by atoms with Crippen LogP contribution in [-0.4, -0.2) is 60.8 Å². The van der Waals surface area contributed by atoms with Crippen molar-refractivity contribution in [2.45, 2.75) is 25.7 Å². The molecule has 1 aliphatic rings. The van der Waals surface area contributed by atoms with Gasteiger partial charge in [0.2, 0.25) is 0 Å². The predicted molar refractivity (Wildman–Crippen MR) is 66.5 cm³/mol. The van der Waals surface area contributed by atoms with E-state index in [2.05, 4.69) is 20.8 Å². The second-order valence-electron chi connectivity index (χ2n) is 4.28. The molecule has 0 aromatic heterocycles. The van der Waals surface area contributed by atoms with E-state index in [0.717, 1.165) is 24.8 Å². The van der Waals surface area contributed by atoms with Crippen LogP contribution in [0, 0.1) is 0 Å². The number of rotatable bonds is 8. The Kier molecular flexibility index (Phi) is 7.49. The molecule has 0 atom stereocenters. The van der Waals surface area contributed by atoms with E-state index in [1.807, 2.05) is 4.90 Å². The highest BCUT2D eigenvalue weighted by Gasteiger charge is 2.13. The summed E-state index contributed by atoms with van der Waals surface area (Å²) in [4.78, 5) is 4.27. The van der Waals surface area contributed by atoms with Gasteiger partial charge in [-0.25, -0.2) is 8.78 Å². The Bertz CT molecular complexity index is 175. The van der Waals surface area contributed by atoms with Crippen LogP contribution in [0.3, 0.4) is 0 Å². The Hall–Kier alpha value is 0.260. The van der Waals surface area contributed by atoms with Crippen molar-refractivity contribution in [1.29, 1.82) is 0 Å². The lowest BCUT2D eigenvalue weighted by atomic mass is 10.3. The first-order valence-electron chi connectivity index (χ1n) is 6.01. The molecule has 0 aromatic rings. The summed E-state index contributed by atoms with van der Waals surface area (Å²) in [6.45, 7) is 4.84. The van der Waals surface area contributed by atoms with E-state index < -0.39 is 6.43 Å². The number of hydrogen-bond donors (Lipinski definition) is 0. The molecule has 1 rings (SSSR count). The van der Waals surface area contributed by atoms with Crippen LogP contribution in [0.15, 0.2) is 0 Å². The van der Waals surface area contributed by atoms with Gasteiger partial charge in [0.25, 0.3) is 6.43 Å². The summed E-state index contributed by atoms with van der Waals surface area (Å²) in [5.41, 5.74) is 0. The molecule has 0 saturated carbocycles. The lowest BCUT2D eigenvalue weighted by Crippen LogP contribution is -2.33. The van der Waals surface area contributed by atoms with Gasteiger partial charge in [-0.15, -0.1) is 0 Å². The summed E-state index contributed by atoms with van der Waals surface area (Å²) < 4.78 is 24.5. The van der Waals surface area contributed by atoms with Crippen molar-refractivity contribution < 1.29 is 8.78 Å². The van der Waals surface area contributed by atoms with Crippen molar-refractivity contribution >= 4 is 15.9 Å². The molecular formula is C11H21BrF2N2. The van der Waals surface area contributed by atoms with Crippen LogP contribution in [-0.2, 0) is 0 Å². The molecule has 0 N–H and O–H groups in total. The molecule has 0 aliphatic carbocycles. The van der Waals surface area contributed by atoms with Gasteiger partial charge < -0.3 is 4.90 Å². The minimum atomic E-state index is -2.22. The first kappa shape index (κ1) is 14.3. The van der Waals surface area contributed by atoms with Gasteiger partial charge in [0.1, 0.15) is 0 Å². The number of likely N-dealkylation sites (tertiary alicyclic amines) is 1. The van der Waals surface area contributed by atoms with Gasteiger partial charge in [0.15, 0.2) is 0 Å². The number of hydrogen-bond acceptors (Lipinski definition) is 2.